The van der Waals surface area contributed by atoms with E-state index in [0.29, 0.717) is 0 Å². The molecular formula is C34H58N5O11+. The number of carboxylic acids is 3. The fourth-order valence-corrected chi connectivity index (χ4v) is 7.27. The van der Waals surface area contributed by atoms with E-state index in [-0.39, 0.29) is 111 Å². The molecule has 1 amide bonds. The summed E-state index contributed by atoms with van der Waals surface area (Å²) in [5, 5.41) is 63.5. The fourth-order valence-electron chi connectivity index (χ4n) is 7.27. The summed E-state index contributed by atoms with van der Waals surface area (Å²) in [4.78, 5) is 55.5. The summed E-state index contributed by atoms with van der Waals surface area (Å²) < 4.78 is 5.27. The molecule has 0 radical (unpaired) electrons. The van der Waals surface area contributed by atoms with Gasteiger partial charge in [0, 0.05) is 52.0 Å². The SMILES string of the molecule is CCC1(N)C(=O)[N+](COCc2ccccc2)(CC(=O)O)CCNCCN(CC(=O)O)CC(C(CCCO)(CCCO)CCCO)N1CC(=O)O. The predicted molar refractivity (Wildman–Crippen MR) is 182 cm³/mol. The molecule has 16 heteroatoms. The molecule has 1 aliphatic rings. The van der Waals surface area contributed by atoms with E-state index in [9.17, 15) is 45.0 Å². The van der Waals surface area contributed by atoms with E-state index in [2.05, 4.69) is 5.32 Å². The van der Waals surface area contributed by atoms with Crippen LogP contribution in [0.25, 0.3) is 0 Å². The molecular weight excluding hydrogens is 654 g/mol. The van der Waals surface area contributed by atoms with Gasteiger partial charge in [-0.15, -0.1) is 0 Å². The Labute approximate surface area is 294 Å². The van der Waals surface area contributed by atoms with E-state index < -0.39 is 65.1 Å². The molecule has 1 heterocycles. The summed E-state index contributed by atoms with van der Waals surface area (Å²) in [6.45, 7) is -0.705. The second-order valence-electron chi connectivity index (χ2n) is 13.2. The average molecular weight is 713 g/mol. The fraction of sp³-hybridized carbons (Fsp3) is 0.706. The number of carboxylic acid groups (broad SMARTS) is 3. The van der Waals surface area contributed by atoms with Crippen molar-refractivity contribution in [2.45, 2.75) is 70.2 Å². The van der Waals surface area contributed by atoms with Crippen molar-refractivity contribution in [2.75, 3.05) is 78.9 Å². The van der Waals surface area contributed by atoms with Crippen molar-refractivity contribution < 1.29 is 59.0 Å². The first-order valence-electron chi connectivity index (χ1n) is 17.3. The number of carbonyl (C=O) groups is 4. The molecule has 284 valence electrons. The lowest BCUT2D eigenvalue weighted by Crippen LogP contribution is -2.77. The number of nitrogens with zero attached hydrogens (tertiary/aromatic N) is 3. The van der Waals surface area contributed by atoms with Crippen LogP contribution in [0.1, 0.15) is 57.4 Å². The van der Waals surface area contributed by atoms with Crippen LogP contribution in [0.15, 0.2) is 30.3 Å². The molecule has 1 saturated heterocycles. The molecule has 0 spiro atoms. The van der Waals surface area contributed by atoms with Crippen LogP contribution in [0.5, 0.6) is 0 Å². The van der Waals surface area contributed by atoms with E-state index in [1.165, 1.54) is 4.90 Å². The van der Waals surface area contributed by atoms with Crippen molar-refractivity contribution in [1.29, 1.82) is 0 Å². The number of aliphatic carboxylic acids is 3. The van der Waals surface area contributed by atoms with Gasteiger partial charge in [0.15, 0.2) is 18.9 Å². The average Bonchev–Trinajstić information content (AvgIpc) is 3.08. The first kappa shape index (κ1) is 43.1. The molecule has 1 fully saturated rings. The summed E-state index contributed by atoms with van der Waals surface area (Å²) in [5.74, 6) is -4.49. The number of quaternary nitrogens is 1. The zero-order valence-electron chi connectivity index (χ0n) is 29.2. The second kappa shape index (κ2) is 21.3. The summed E-state index contributed by atoms with van der Waals surface area (Å²) in [6.07, 6.45) is 1.50. The molecule has 0 saturated carbocycles. The minimum absolute atomic E-state index is 0.0563. The number of rotatable bonds is 21. The summed E-state index contributed by atoms with van der Waals surface area (Å²) in [7, 11) is 0. The van der Waals surface area contributed by atoms with Gasteiger partial charge in [0.2, 0.25) is 0 Å². The predicted octanol–water partition coefficient (Wildman–Crippen LogP) is -0.297. The zero-order valence-corrected chi connectivity index (χ0v) is 29.2. The third-order valence-corrected chi connectivity index (χ3v) is 9.74. The van der Waals surface area contributed by atoms with Crippen LogP contribution in [-0.2, 0) is 30.5 Å². The van der Waals surface area contributed by atoms with Gasteiger partial charge in [-0.1, -0.05) is 37.3 Å². The van der Waals surface area contributed by atoms with Crippen molar-refractivity contribution in [3.63, 3.8) is 0 Å². The number of aliphatic hydroxyl groups excluding tert-OH is 3. The minimum atomic E-state index is -2.11. The Morgan fingerprint density at radius 2 is 1.52 bits per heavy atom. The summed E-state index contributed by atoms with van der Waals surface area (Å²) in [5.41, 5.74) is 4.89. The van der Waals surface area contributed by atoms with Crippen LogP contribution in [0.2, 0.25) is 0 Å². The van der Waals surface area contributed by atoms with E-state index in [1.54, 1.807) is 11.8 Å². The molecule has 0 bridgehead atoms. The number of hydrogen-bond donors (Lipinski definition) is 8. The number of ether oxygens (including phenoxy) is 1. The van der Waals surface area contributed by atoms with Crippen molar-refractivity contribution >= 4 is 23.8 Å². The van der Waals surface area contributed by atoms with Gasteiger partial charge >= 0.3 is 23.8 Å². The largest absolute Gasteiger partial charge is 0.480 e. The van der Waals surface area contributed by atoms with Crippen molar-refractivity contribution in [3.8, 4) is 0 Å². The van der Waals surface area contributed by atoms with Gasteiger partial charge in [0.05, 0.1) is 19.7 Å². The van der Waals surface area contributed by atoms with Gasteiger partial charge in [0.1, 0.15) is 6.54 Å². The second-order valence-corrected chi connectivity index (χ2v) is 13.2. The number of benzene rings is 1. The minimum Gasteiger partial charge on any atom is -0.480 e. The van der Waals surface area contributed by atoms with Crippen LogP contribution in [0.3, 0.4) is 0 Å². The third-order valence-electron chi connectivity index (χ3n) is 9.74. The molecule has 1 aliphatic heterocycles. The monoisotopic (exact) mass is 712 g/mol. The van der Waals surface area contributed by atoms with Gasteiger partial charge in [-0.3, -0.25) is 19.4 Å². The van der Waals surface area contributed by atoms with E-state index in [4.69, 9.17) is 10.5 Å². The van der Waals surface area contributed by atoms with Crippen LogP contribution < -0.4 is 11.1 Å². The van der Waals surface area contributed by atoms with Crippen LogP contribution in [0.4, 0.5) is 0 Å². The van der Waals surface area contributed by atoms with Crippen molar-refractivity contribution in [3.05, 3.63) is 35.9 Å². The lowest BCUT2D eigenvalue weighted by molar-refractivity contribution is -0.870. The third kappa shape index (κ3) is 12.3. The van der Waals surface area contributed by atoms with Gasteiger partial charge in [0.25, 0.3) is 0 Å². The van der Waals surface area contributed by atoms with Crippen LogP contribution in [-0.4, -0.2) is 159 Å². The van der Waals surface area contributed by atoms with Crippen LogP contribution >= 0.6 is 0 Å². The molecule has 9 N–H and O–H groups in total. The highest BCUT2D eigenvalue weighted by Crippen LogP contribution is 2.44. The van der Waals surface area contributed by atoms with Crippen LogP contribution in [0, 0.1) is 5.41 Å². The van der Waals surface area contributed by atoms with Gasteiger partial charge in [-0.05, 0) is 55.9 Å². The summed E-state index contributed by atoms with van der Waals surface area (Å²) >= 11 is 0. The number of nitrogens with two attached hydrogens (primary N) is 1. The normalized spacial score (nSPS) is 23.2. The molecule has 3 atom stereocenters. The zero-order chi connectivity index (χ0) is 37.2. The number of hydrogen-bond acceptors (Lipinski definition) is 12. The first-order valence-corrected chi connectivity index (χ1v) is 17.3. The lowest BCUT2D eigenvalue weighted by atomic mass is 9.68. The lowest BCUT2D eigenvalue weighted by Gasteiger charge is -2.54. The Kier molecular flexibility index (Phi) is 18.4. The molecule has 1 aromatic carbocycles. The molecule has 2 rings (SSSR count). The van der Waals surface area contributed by atoms with E-state index >= 15 is 4.79 Å². The molecule has 0 aromatic heterocycles. The smallest absolute Gasteiger partial charge is 0.359 e. The molecule has 16 nitrogen and oxygen atoms in total. The number of aliphatic hydroxyl groups is 3. The van der Waals surface area contributed by atoms with Crippen molar-refractivity contribution in [1.82, 2.24) is 15.1 Å². The van der Waals surface area contributed by atoms with Gasteiger partial charge in [-0.2, -0.15) is 0 Å². The van der Waals surface area contributed by atoms with E-state index in [0.717, 1.165) is 5.56 Å². The number of amides is 1. The van der Waals surface area contributed by atoms with Gasteiger partial charge < -0.3 is 46.4 Å². The Morgan fingerprint density at radius 3 is 2.02 bits per heavy atom. The molecule has 1 aromatic rings. The van der Waals surface area contributed by atoms with Gasteiger partial charge in [-0.25, -0.2) is 14.1 Å². The first-order chi connectivity index (χ1) is 23.8. The highest BCUT2D eigenvalue weighted by Gasteiger charge is 2.57. The number of nitrogens with one attached hydrogen (secondary N) is 1. The Hall–Kier alpha value is -3.06. The molecule has 3 unspecified atom stereocenters. The highest BCUT2D eigenvalue weighted by molar-refractivity contribution is 5.83. The molecule has 0 aliphatic carbocycles. The Morgan fingerprint density at radius 1 is 0.940 bits per heavy atom. The standard InChI is InChI=1S/C34H57N5O11/c1-2-34(35)32(49)39(24-31(47)48,26-50-25-27-9-4-3-5-10-27)17-15-36-14-16-37(22-29(43)44)21-28(38(34)23-30(45)46)33(11-6-18-40,12-7-19-41)13-8-20-42/h3-5,9-10,28,36,40-42H,2,6-8,11-26,35H2,1H3,(H2-,43,44,45,46,47,48)/p+1. The Balaban J connectivity index is 2.91. The maximum atomic E-state index is 15.2. The topological polar surface area (TPSA) is 243 Å². The van der Waals surface area contributed by atoms with Crippen molar-refractivity contribution in [2.24, 2.45) is 11.1 Å². The highest BCUT2D eigenvalue weighted by atomic mass is 16.5. The molecule has 50 heavy (non-hydrogen) atoms. The quantitative estimate of drug-likeness (QED) is 0.0763. The summed E-state index contributed by atoms with van der Waals surface area (Å²) in [6, 6.07) is 8.18. The number of carbonyl (C=O) groups excluding carboxylic acids is 1. The maximum absolute atomic E-state index is 15.2. The maximum Gasteiger partial charge on any atom is 0.359 e. The Bertz CT molecular complexity index is 1190. The van der Waals surface area contributed by atoms with E-state index in [1.807, 2.05) is 30.3 Å².